The summed E-state index contributed by atoms with van der Waals surface area (Å²) in [5.74, 6) is 0. The molecule has 0 radical (unpaired) electrons. The van der Waals surface area contributed by atoms with Crippen LogP contribution >= 0.6 is 0 Å². The summed E-state index contributed by atoms with van der Waals surface area (Å²) < 4.78 is 2.49. The maximum atomic E-state index is 2.49. The molecule has 0 saturated heterocycles. The molecule has 8 aromatic carbocycles. The van der Waals surface area contributed by atoms with Crippen molar-refractivity contribution in [1.29, 1.82) is 0 Å². The molecule has 1 aliphatic carbocycles. The summed E-state index contributed by atoms with van der Waals surface area (Å²) in [7, 11) is 0. The fraction of sp³-hybridized carbons (Fsp3) is 0.0698. The molecule has 0 bridgehead atoms. The van der Waals surface area contributed by atoms with Gasteiger partial charge in [0, 0.05) is 21.9 Å². The first-order valence-electron chi connectivity index (χ1n) is 15.5. The van der Waals surface area contributed by atoms with Crippen LogP contribution in [0.5, 0.6) is 0 Å². The van der Waals surface area contributed by atoms with E-state index in [1.807, 2.05) is 0 Å². The summed E-state index contributed by atoms with van der Waals surface area (Å²) in [6.45, 7) is 4.74. The zero-order valence-corrected chi connectivity index (χ0v) is 24.7. The number of benzene rings is 8. The van der Waals surface area contributed by atoms with Crippen LogP contribution in [0.1, 0.15) is 25.0 Å². The molecule has 1 heteroatoms. The number of para-hydroxylation sites is 1. The first kappa shape index (κ1) is 24.1. The minimum atomic E-state index is -0.0593. The van der Waals surface area contributed by atoms with Crippen molar-refractivity contribution < 1.29 is 0 Å². The summed E-state index contributed by atoms with van der Waals surface area (Å²) in [6, 6.07) is 52.1. The minimum absolute atomic E-state index is 0.0593. The van der Waals surface area contributed by atoms with E-state index in [0.29, 0.717) is 0 Å². The molecule has 0 saturated carbocycles. The molecule has 0 atom stereocenters. The fourth-order valence-corrected chi connectivity index (χ4v) is 8.28. The third-order valence-corrected chi connectivity index (χ3v) is 10.3. The Hall–Kier alpha value is -5.40. The van der Waals surface area contributed by atoms with E-state index in [4.69, 9.17) is 0 Å². The standard InChI is InChI=1S/C43H29N/c1-43(2)38-19-11-10-17-30(38)35-23-37-36-22-33-29-16-8-9-18-31(29)42-28-15-7-6-12-26(28)20-21-32(42)34(33)24-40(36)44(41(37)25-39(35)43)27-13-4-3-5-14-27/h3-25H,1-2H3. The van der Waals surface area contributed by atoms with E-state index in [-0.39, 0.29) is 5.41 Å². The maximum Gasteiger partial charge on any atom is 0.0547 e. The lowest BCUT2D eigenvalue weighted by molar-refractivity contribution is 0.661. The van der Waals surface area contributed by atoms with Crippen LogP contribution in [-0.4, -0.2) is 4.57 Å². The smallest absolute Gasteiger partial charge is 0.0547 e. The molecule has 1 nitrogen and oxygen atoms in total. The van der Waals surface area contributed by atoms with Gasteiger partial charge in [-0.05, 0) is 102 Å². The van der Waals surface area contributed by atoms with Crippen LogP contribution in [0, 0.1) is 0 Å². The third kappa shape index (κ3) is 2.99. The van der Waals surface area contributed by atoms with Crippen molar-refractivity contribution >= 4 is 64.9 Å². The predicted molar refractivity (Wildman–Crippen MR) is 188 cm³/mol. The molecule has 0 fully saturated rings. The van der Waals surface area contributed by atoms with Gasteiger partial charge in [-0.2, -0.15) is 0 Å². The maximum absolute atomic E-state index is 2.49. The van der Waals surface area contributed by atoms with Gasteiger partial charge in [0.2, 0.25) is 0 Å². The van der Waals surface area contributed by atoms with Crippen molar-refractivity contribution in [1.82, 2.24) is 4.57 Å². The number of nitrogens with zero attached hydrogens (tertiary/aromatic N) is 1. The van der Waals surface area contributed by atoms with Gasteiger partial charge in [0.05, 0.1) is 11.0 Å². The van der Waals surface area contributed by atoms with Crippen molar-refractivity contribution in [2.24, 2.45) is 0 Å². The molecule has 9 aromatic rings. The van der Waals surface area contributed by atoms with Gasteiger partial charge < -0.3 is 4.57 Å². The number of rotatable bonds is 1. The van der Waals surface area contributed by atoms with Crippen LogP contribution in [0.3, 0.4) is 0 Å². The Morgan fingerprint density at radius 2 is 1.05 bits per heavy atom. The molecular weight excluding hydrogens is 530 g/mol. The Morgan fingerprint density at radius 1 is 0.409 bits per heavy atom. The van der Waals surface area contributed by atoms with E-state index >= 15 is 0 Å². The molecule has 44 heavy (non-hydrogen) atoms. The highest BCUT2D eigenvalue weighted by Gasteiger charge is 2.36. The number of hydrogen-bond donors (Lipinski definition) is 0. The monoisotopic (exact) mass is 559 g/mol. The lowest BCUT2D eigenvalue weighted by Crippen LogP contribution is -2.14. The number of aromatic nitrogens is 1. The van der Waals surface area contributed by atoms with Crippen LogP contribution in [0.25, 0.3) is 81.7 Å². The van der Waals surface area contributed by atoms with E-state index in [0.717, 1.165) is 0 Å². The molecule has 10 rings (SSSR count). The Labute approximate surface area is 255 Å². The Balaban J connectivity index is 1.43. The summed E-state index contributed by atoms with van der Waals surface area (Å²) in [6.07, 6.45) is 0. The van der Waals surface area contributed by atoms with Gasteiger partial charge in [-0.15, -0.1) is 0 Å². The van der Waals surface area contributed by atoms with Crippen molar-refractivity contribution in [3.05, 3.63) is 151 Å². The summed E-state index contributed by atoms with van der Waals surface area (Å²) in [5.41, 5.74) is 9.18. The normalized spacial score (nSPS) is 13.9. The van der Waals surface area contributed by atoms with Gasteiger partial charge in [-0.25, -0.2) is 0 Å². The molecule has 0 amide bonds. The van der Waals surface area contributed by atoms with E-state index < -0.39 is 0 Å². The van der Waals surface area contributed by atoms with Crippen LogP contribution < -0.4 is 0 Å². The van der Waals surface area contributed by atoms with Crippen molar-refractivity contribution in [2.75, 3.05) is 0 Å². The Bertz CT molecular complexity index is 2670. The van der Waals surface area contributed by atoms with Gasteiger partial charge >= 0.3 is 0 Å². The molecule has 0 unspecified atom stereocenters. The number of fused-ring (bicyclic) bond motifs is 14. The van der Waals surface area contributed by atoms with Gasteiger partial charge in [0.15, 0.2) is 0 Å². The van der Waals surface area contributed by atoms with E-state index in [2.05, 4.69) is 158 Å². The zero-order chi connectivity index (χ0) is 29.2. The lowest BCUT2D eigenvalue weighted by Gasteiger charge is -2.21. The highest BCUT2D eigenvalue weighted by atomic mass is 15.0. The van der Waals surface area contributed by atoms with Crippen molar-refractivity contribution in [3.63, 3.8) is 0 Å². The lowest BCUT2D eigenvalue weighted by atomic mass is 9.82. The van der Waals surface area contributed by atoms with Gasteiger partial charge in [0.1, 0.15) is 0 Å². The van der Waals surface area contributed by atoms with E-state index in [1.165, 1.54) is 92.8 Å². The van der Waals surface area contributed by atoms with Gasteiger partial charge in [-0.3, -0.25) is 0 Å². The summed E-state index contributed by atoms with van der Waals surface area (Å²) in [5, 5.41) is 13.1. The first-order valence-corrected chi connectivity index (χ1v) is 15.5. The van der Waals surface area contributed by atoms with E-state index in [1.54, 1.807) is 0 Å². The fourth-order valence-electron chi connectivity index (χ4n) is 8.28. The molecule has 1 aliphatic rings. The second-order valence-electron chi connectivity index (χ2n) is 12.9. The van der Waals surface area contributed by atoms with Gasteiger partial charge in [-0.1, -0.05) is 117 Å². The second kappa shape index (κ2) is 8.36. The predicted octanol–water partition coefficient (Wildman–Crippen LogP) is 11.7. The molecular formula is C43H29N. The second-order valence-corrected chi connectivity index (χ2v) is 12.9. The SMILES string of the molecule is CC1(C)c2ccccc2-c2cc3c4cc5c6ccccc6c6c7ccccc7ccc6c5cc4n(-c4ccccc4)c3cc21. The van der Waals surface area contributed by atoms with Gasteiger partial charge in [0.25, 0.3) is 0 Å². The Morgan fingerprint density at radius 3 is 1.91 bits per heavy atom. The van der Waals surface area contributed by atoms with E-state index in [9.17, 15) is 0 Å². The Kier molecular flexibility index (Phi) is 4.58. The molecule has 0 spiro atoms. The van der Waals surface area contributed by atoms with Crippen LogP contribution in [0.15, 0.2) is 140 Å². The molecule has 0 aliphatic heterocycles. The number of hydrogen-bond acceptors (Lipinski definition) is 0. The molecule has 1 heterocycles. The van der Waals surface area contributed by atoms with Crippen LogP contribution in [0.2, 0.25) is 0 Å². The average Bonchev–Trinajstić information content (AvgIpc) is 3.50. The highest BCUT2D eigenvalue weighted by Crippen LogP contribution is 2.51. The highest BCUT2D eigenvalue weighted by molar-refractivity contribution is 6.33. The molecule has 1 aromatic heterocycles. The minimum Gasteiger partial charge on any atom is -0.309 e. The largest absolute Gasteiger partial charge is 0.309 e. The average molecular weight is 560 g/mol. The topological polar surface area (TPSA) is 4.93 Å². The molecule has 0 N–H and O–H groups in total. The first-order chi connectivity index (χ1) is 21.6. The third-order valence-electron chi connectivity index (χ3n) is 10.3. The van der Waals surface area contributed by atoms with Crippen LogP contribution in [-0.2, 0) is 5.41 Å². The van der Waals surface area contributed by atoms with Crippen LogP contribution in [0.4, 0.5) is 0 Å². The molecule has 206 valence electrons. The van der Waals surface area contributed by atoms with Crippen molar-refractivity contribution in [2.45, 2.75) is 19.3 Å². The summed E-state index contributed by atoms with van der Waals surface area (Å²) >= 11 is 0. The summed E-state index contributed by atoms with van der Waals surface area (Å²) in [4.78, 5) is 0. The quantitative estimate of drug-likeness (QED) is 0.176. The van der Waals surface area contributed by atoms with Crippen molar-refractivity contribution in [3.8, 4) is 16.8 Å². The zero-order valence-electron chi connectivity index (χ0n) is 24.7.